The van der Waals surface area contributed by atoms with E-state index >= 15 is 0 Å². The third-order valence-corrected chi connectivity index (χ3v) is 6.83. The maximum Gasteiger partial charge on any atom is 0.168 e. The SMILES string of the molecule is COc1cccc(N=C(CCc2noc3c2C(=O)CCC3)C2=C(O)CC(c3ccccc3)CC2=O)c1. The molecule has 0 spiro atoms. The molecule has 1 atom stereocenters. The summed E-state index contributed by atoms with van der Waals surface area (Å²) >= 11 is 0. The van der Waals surface area contributed by atoms with E-state index in [2.05, 4.69) is 5.16 Å². The number of nitrogens with zero attached hydrogens (tertiary/aromatic N) is 2. The summed E-state index contributed by atoms with van der Waals surface area (Å²) < 4.78 is 10.8. The topological polar surface area (TPSA) is 102 Å². The lowest BCUT2D eigenvalue weighted by molar-refractivity contribution is -0.116. The van der Waals surface area contributed by atoms with Gasteiger partial charge in [0.05, 0.1) is 35.3 Å². The molecule has 1 N–H and O–H groups in total. The van der Waals surface area contributed by atoms with Crippen LogP contribution in [0.15, 0.2) is 75.4 Å². The second-order valence-electron chi connectivity index (χ2n) is 9.22. The highest BCUT2D eigenvalue weighted by atomic mass is 16.5. The van der Waals surface area contributed by atoms with Crippen LogP contribution in [0.5, 0.6) is 5.75 Å². The lowest BCUT2D eigenvalue weighted by atomic mass is 9.80. The van der Waals surface area contributed by atoms with Crippen molar-refractivity contribution >= 4 is 23.0 Å². The van der Waals surface area contributed by atoms with Gasteiger partial charge in [-0.25, -0.2) is 0 Å². The van der Waals surface area contributed by atoms with E-state index in [4.69, 9.17) is 14.3 Å². The first kappa shape index (κ1) is 23.7. The van der Waals surface area contributed by atoms with Crippen LogP contribution in [0.1, 0.15) is 65.4 Å². The van der Waals surface area contributed by atoms with Gasteiger partial charge in [0.15, 0.2) is 11.6 Å². The molecule has 0 radical (unpaired) electrons. The van der Waals surface area contributed by atoms with E-state index in [0.717, 1.165) is 12.0 Å². The maximum absolute atomic E-state index is 13.4. The first-order valence-electron chi connectivity index (χ1n) is 12.3. The number of methoxy groups -OCH3 is 1. The van der Waals surface area contributed by atoms with E-state index in [1.165, 1.54) is 0 Å². The zero-order valence-corrected chi connectivity index (χ0v) is 20.2. The first-order valence-corrected chi connectivity index (χ1v) is 12.3. The zero-order chi connectivity index (χ0) is 25.1. The van der Waals surface area contributed by atoms with Gasteiger partial charge in [0, 0.05) is 31.7 Å². The maximum atomic E-state index is 13.4. The van der Waals surface area contributed by atoms with Gasteiger partial charge in [-0.3, -0.25) is 14.6 Å². The molecule has 2 aliphatic rings. The lowest BCUT2D eigenvalue weighted by Gasteiger charge is -2.24. The molecule has 1 aromatic heterocycles. The van der Waals surface area contributed by atoms with E-state index in [-0.39, 0.29) is 28.8 Å². The molecule has 1 unspecified atom stereocenters. The summed E-state index contributed by atoms with van der Waals surface area (Å²) in [7, 11) is 1.58. The Hall–Kier alpha value is -4.00. The number of carbonyl (C=O) groups excluding carboxylic acids is 2. The number of aliphatic hydroxyl groups is 1. The number of hydrogen-bond donors (Lipinski definition) is 1. The predicted molar refractivity (Wildman–Crippen MR) is 135 cm³/mol. The minimum atomic E-state index is -0.146. The molecule has 0 bridgehead atoms. The van der Waals surface area contributed by atoms with Gasteiger partial charge in [-0.15, -0.1) is 0 Å². The highest BCUT2D eigenvalue weighted by molar-refractivity contribution is 6.24. The van der Waals surface area contributed by atoms with Crippen LogP contribution in [-0.4, -0.2) is 34.7 Å². The Kier molecular flexibility index (Phi) is 6.80. The summed E-state index contributed by atoms with van der Waals surface area (Å²) in [6.07, 6.45) is 3.30. The number of benzene rings is 2. The van der Waals surface area contributed by atoms with Crippen molar-refractivity contribution in [3.8, 4) is 5.75 Å². The summed E-state index contributed by atoms with van der Waals surface area (Å²) in [6.45, 7) is 0. The number of fused-ring (bicyclic) bond motifs is 1. The molecular formula is C29H28N2O5. The van der Waals surface area contributed by atoms with E-state index in [1.807, 2.05) is 48.5 Å². The Morgan fingerprint density at radius 1 is 1.08 bits per heavy atom. The van der Waals surface area contributed by atoms with Crippen molar-refractivity contribution in [3.63, 3.8) is 0 Å². The number of hydrogen-bond acceptors (Lipinski definition) is 7. The minimum Gasteiger partial charge on any atom is -0.511 e. The fourth-order valence-electron chi connectivity index (χ4n) is 5.05. The Bertz CT molecular complexity index is 1350. The molecule has 2 aromatic carbocycles. The van der Waals surface area contributed by atoms with Crippen molar-refractivity contribution in [2.45, 2.75) is 50.9 Å². The van der Waals surface area contributed by atoms with Crippen LogP contribution in [0.2, 0.25) is 0 Å². The molecule has 7 heteroatoms. The first-order chi connectivity index (χ1) is 17.5. The normalized spacial score (nSPS) is 18.4. The number of carbonyl (C=O) groups is 2. The zero-order valence-electron chi connectivity index (χ0n) is 20.2. The molecule has 0 saturated carbocycles. The summed E-state index contributed by atoms with van der Waals surface area (Å²) in [6, 6.07) is 17.0. The molecule has 3 aromatic rings. The number of aliphatic hydroxyl groups excluding tert-OH is 1. The highest BCUT2D eigenvalue weighted by Crippen LogP contribution is 2.35. The number of rotatable bonds is 7. The smallest absolute Gasteiger partial charge is 0.168 e. The second-order valence-corrected chi connectivity index (χ2v) is 9.22. The predicted octanol–water partition coefficient (Wildman–Crippen LogP) is 5.87. The third-order valence-electron chi connectivity index (χ3n) is 6.83. The van der Waals surface area contributed by atoms with Crippen molar-refractivity contribution in [2.75, 3.05) is 7.11 Å². The molecule has 2 aliphatic carbocycles. The number of aryl methyl sites for hydroxylation is 2. The molecule has 7 nitrogen and oxygen atoms in total. The van der Waals surface area contributed by atoms with Crippen LogP contribution in [-0.2, 0) is 17.6 Å². The van der Waals surface area contributed by atoms with Crippen molar-refractivity contribution in [1.29, 1.82) is 0 Å². The summed E-state index contributed by atoms with van der Waals surface area (Å²) in [5.74, 6) is 1.13. The van der Waals surface area contributed by atoms with E-state index < -0.39 is 0 Å². The number of ketones is 2. The van der Waals surface area contributed by atoms with Gasteiger partial charge >= 0.3 is 0 Å². The second kappa shape index (κ2) is 10.3. The molecule has 36 heavy (non-hydrogen) atoms. The van der Waals surface area contributed by atoms with Crippen LogP contribution < -0.4 is 4.74 Å². The molecule has 0 fully saturated rings. The van der Waals surface area contributed by atoms with Gasteiger partial charge in [-0.2, -0.15) is 0 Å². The van der Waals surface area contributed by atoms with Crippen LogP contribution in [0.25, 0.3) is 0 Å². The van der Waals surface area contributed by atoms with Gasteiger partial charge in [0.1, 0.15) is 17.3 Å². The Labute approximate surface area is 209 Å². The molecule has 0 aliphatic heterocycles. The Morgan fingerprint density at radius 2 is 1.92 bits per heavy atom. The van der Waals surface area contributed by atoms with Gasteiger partial charge < -0.3 is 14.4 Å². The van der Waals surface area contributed by atoms with Crippen LogP contribution in [0.4, 0.5) is 5.69 Å². The number of aliphatic imine (C=N–C) groups is 1. The van der Waals surface area contributed by atoms with Crippen molar-refractivity contribution in [3.05, 3.63) is 88.5 Å². The van der Waals surface area contributed by atoms with E-state index in [9.17, 15) is 14.7 Å². The van der Waals surface area contributed by atoms with Gasteiger partial charge in [-0.05, 0) is 42.9 Å². The summed E-state index contributed by atoms with van der Waals surface area (Å²) in [5, 5.41) is 15.2. The molecule has 1 heterocycles. The van der Waals surface area contributed by atoms with Crippen molar-refractivity contribution in [2.24, 2.45) is 4.99 Å². The van der Waals surface area contributed by atoms with Gasteiger partial charge in [0.25, 0.3) is 0 Å². The van der Waals surface area contributed by atoms with E-state index in [0.29, 0.717) is 72.7 Å². The Balaban J connectivity index is 1.49. The highest BCUT2D eigenvalue weighted by Gasteiger charge is 2.32. The molecular weight excluding hydrogens is 456 g/mol. The monoisotopic (exact) mass is 484 g/mol. The quantitative estimate of drug-likeness (QED) is 0.421. The van der Waals surface area contributed by atoms with Crippen molar-refractivity contribution < 1.29 is 24.0 Å². The molecule has 184 valence electrons. The number of aromatic nitrogens is 1. The fraction of sp³-hybridized carbons (Fsp3) is 0.310. The summed E-state index contributed by atoms with van der Waals surface area (Å²) in [4.78, 5) is 30.7. The fourth-order valence-corrected chi connectivity index (χ4v) is 5.05. The number of ether oxygens (including phenoxy) is 1. The number of allylic oxidation sites excluding steroid dienone is 2. The molecule has 5 rings (SSSR count). The van der Waals surface area contributed by atoms with Crippen LogP contribution in [0, 0.1) is 0 Å². The average Bonchev–Trinajstić information content (AvgIpc) is 3.31. The van der Waals surface area contributed by atoms with Crippen LogP contribution >= 0.6 is 0 Å². The van der Waals surface area contributed by atoms with Crippen LogP contribution in [0.3, 0.4) is 0 Å². The average molecular weight is 485 g/mol. The molecule has 0 amide bonds. The largest absolute Gasteiger partial charge is 0.511 e. The van der Waals surface area contributed by atoms with Crippen molar-refractivity contribution in [1.82, 2.24) is 5.16 Å². The number of Topliss-reactive ketones (excluding diaryl/α,β-unsaturated/α-hetero) is 2. The standard InChI is InChI=1S/C29H28N2O5/c1-35-21-10-5-9-20(17-21)30-22(13-14-23-29-24(32)11-6-12-27(29)36-31-23)28-25(33)15-19(16-26(28)34)18-7-3-2-4-8-18/h2-5,7-10,17,19,33H,6,11-16H2,1H3. The van der Waals surface area contributed by atoms with Gasteiger partial charge in [0.2, 0.25) is 0 Å². The van der Waals surface area contributed by atoms with Gasteiger partial charge in [-0.1, -0.05) is 41.6 Å². The molecule has 0 saturated heterocycles. The minimum absolute atomic E-state index is 0.0417. The summed E-state index contributed by atoms with van der Waals surface area (Å²) in [5.41, 5.74) is 3.51. The lowest BCUT2D eigenvalue weighted by Crippen LogP contribution is -2.24. The Morgan fingerprint density at radius 3 is 2.69 bits per heavy atom. The third kappa shape index (κ3) is 4.87. The van der Waals surface area contributed by atoms with E-state index in [1.54, 1.807) is 13.2 Å².